The van der Waals surface area contributed by atoms with Gasteiger partial charge in [-0.3, -0.25) is 14.4 Å². The molecule has 1 fully saturated rings. The second-order valence-corrected chi connectivity index (χ2v) is 10.8. The number of rotatable bonds is 8. The largest absolute Gasteiger partial charge is 0.493 e. The van der Waals surface area contributed by atoms with Crippen LogP contribution in [0.4, 0.5) is 11.5 Å². The Balaban J connectivity index is 1.20. The number of carbonyl (C=O) groups is 3. The van der Waals surface area contributed by atoms with Gasteiger partial charge in [0.2, 0.25) is 5.91 Å². The summed E-state index contributed by atoms with van der Waals surface area (Å²) >= 11 is 0. The van der Waals surface area contributed by atoms with Crippen LogP contribution in [0.1, 0.15) is 76.1 Å². The summed E-state index contributed by atoms with van der Waals surface area (Å²) in [6, 6.07) is 12.9. The van der Waals surface area contributed by atoms with Gasteiger partial charge in [-0.05, 0) is 68.0 Å². The number of methoxy groups -OCH3 is 1. The minimum absolute atomic E-state index is 0.0909. The molecule has 10 heteroatoms. The lowest BCUT2D eigenvalue weighted by Gasteiger charge is -2.24. The summed E-state index contributed by atoms with van der Waals surface area (Å²) in [6.07, 6.45) is 6.13. The summed E-state index contributed by atoms with van der Waals surface area (Å²) in [5.74, 6) is 0.980. The van der Waals surface area contributed by atoms with Gasteiger partial charge in [0.25, 0.3) is 11.8 Å². The molecule has 2 aromatic carbocycles. The Morgan fingerprint density at radius 2 is 1.85 bits per heavy atom. The molecule has 0 spiro atoms. The van der Waals surface area contributed by atoms with Gasteiger partial charge < -0.3 is 30.3 Å². The van der Waals surface area contributed by atoms with Crippen LogP contribution < -0.4 is 25.4 Å². The summed E-state index contributed by atoms with van der Waals surface area (Å²) in [6.45, 7) is 2.59. The van der Waals surface area contributed by atoms with Crippen LogP contribution in [0.15, 0.2) is 48.7 Å². The van der Waals surface area contributed by atoms with E-state index in [9.17, 15) is 14.4 Å². The van der Waals surface area contributed by atoms with Crippen LogP contribution in [0.3, 0.4) is 0 Å². The fourth-order valence-electron chi connectivity index (χ4n) is 6.00. The molecule has 0 saturated heterocycles. The molecular formula is C31H33N5O5. The van der Waals surface area contributed by atoms with Gasteiger partial charge in [-0.25, -0.2) is 4.98 Å². The van der Waals surface area contributed by atoms with Gasteiger partial charge in [0, 0.05) is 47.7 Å². The monoisotopic (exact) mass is 555 g/mol. The van der Waals surface area contributed by atoms with Gasteiger partial charge >= 0.3 is 0 Å². The molecule has 1 atom stereocenters. The van der Waals surface area contributed by atoms with E-state index in [0.29, 0.717) is 41.5 Å². The highest BCUT2D eigenvalue weighted by molar-refractivity contribution is 6.11. The zero-order chi connectivity index (χ0) is 28.7. The second-order valence-electron chi connectivity index (χ2n) is 10.8. The van der Waals surface area contributed by atoms with E-state index in [-0.39, 0.29) is 36.4 Å². The van der Waals surface area contributed by atoms with Crippen molar-refractivity contribution in [2.24, 2.45) is 5.73 Å². The SMILES string of the molecule is COc1ccc(N2C(=O)c3cc(CN4Cc5cnc(NC(=O)CN)cc5C4=O)ccc3C2C)cc1OC1CCCC1. The van der Waals surface area contributed by atoms with Gasteiger partial charge in [-0.2, -0.15) is 0 Å². The van der Waals surface area contributed by atoms with Crippen LogP contribution in [0, 0.1) is 0 Å². The Morgan fingerprint density at radius 3 is 2.61 bits per heavy atom. The predicted molar refractivity (Wildman–Crippen MR) is 153 cm³/mol. The number of aromatic nitrogens is 1. The van der Waals surface area contributed by atoms with E-state index in [0.717, 1.165) is 48.1 Å². The first kappa shape index (κ1) is 26.8. The van der Waals surface area contributed by atoms with Gasteiger partial charge in [-0.1, -0.05) is 12.1 Å². The van der Waals surface area contributed by atoms with E-state index in [1.54, 1.807) is 29.2 Å². The van der Waals surface area contributed by atoms with Crippen molar-refractivity contribution < 1.29 is 23.9 Å². The third kappa shape index (κ3) is 4.99. The Bertz CT molecular complexity index is 1530. The number of benzene rings is 2. The third-order valence-corrected chi connectivity index (χ3v) is 8.12. The summed E-state index contributed by atoms with van der Waals surface area (Å²) in [5, 5.41) is 2.59. The van der Waals surface area contributed by atoms with Crippen LogP contribution in [-0.2, 0) is 17.9 Å². The molecule has 41 heavy (non-hydrogen) atoms. The van der Waals surface area contributed by atoms with Gasteiger partial charge in [-0.15, -0.1) is 0 Å². The quantitative estimate of drug-likeness (QED) is 0.427. The number of hydrogen-bond acceptors (Lipinski definition) is 7. The van der Waals surface area contributed by atoms with Crippen LogP contribution in [0.5, 0.6) is 11.5 Å². The maximum absolute atomic E-state index is 13.7. The number of nitrogens with one attached hydrogen (secondary N) is 1. The average Bonchev–Trinajstić information content (AvgIpc) is 3.66. The number of nitrogens with two attached hydrogens (primary N) is 1. The number of amides is 3. The molecule has 1 aliphatic carbocycles. The van der Waals surface area contributed by atoms with Crippen molar-refractivity contribution >= 4 is 29.2 Å². The molecule has 3 aliphatic rings. The minimum atomic E-state index is -0.377. The highest BCUT2D eigenvalue weighted by atomic mass is 16.5. The minimum Gasteiger partial charge on any atom is -0.493 e. The molecule has 0 radical (unpaired) electrons. The Hall–Kier alpha value is -4.44. The molecule has 1 aromatic heterocycles. The predicted octanol–water partition coefficient (Wildman–Crippen LogP) is 4.19. The molecule has 2 aliphatic heterocycles. The Morgan fingerprint density at radius 1 is 1.05 bits per heavy atom. The molecule has 1 saturated carbocycles. The highest BCUT2D eigenvalue weighted by Gasteiger charge is 2.36. The van der Waals surface area contributed by atoms with E-state index in [4.69, 9.17) is 15.2 Å². The van der Waals surface area contributed by atoms with Crippen molar-refractivity contribution in [3.63, 3.8) is 0 Å². The number of nitrogens with zero attached hydrogens (tertiary/aromatic N) is 3. The van der Waals surface area contributed by atoms with Crippen LogP contribution in [0.25, 0.3) is 0 Å². The van der Waals surface area contributed by atoms with E-state index >= 15 is 0 Å². The van der Waals surface area contributed by atoms with Crippen molar-refractivity contribution in [3.05, 3.63) is 76.5 Å². The standard InChI is InChI=1S/C31H33N5O5/c1-18-23-9-7-19(16-35-17-20-15-33-28(34-29(37)14-32)13-24(20)30(35)38)11-25(23)31(39)36(18)21-8-10-26(40-2)27(12-21)41-22-5-3-4-6-22/h7-13,15,18,22H,3-6,14,16-17,32H2,1-2H3,(H,33,34,37). The first-order valence-corrected chi connectivity index (χ1v) is 14.0. The van der Waals surface area contributed by atoms with Crippen molar-refractivity contribution in [2.45, 2.75) is 57.8 Å². The van der Waals surface area contributed by atoms with Crippen LogP contribution in [0.2, 0.25) is 0 Å². The van der Waals surface area contributed by atoms with E-state index in [2.05, 4.69) is 10.3 Å². The van der Waals surface area contributed by atoms with E-state index in [1.165, 1.54) is 0 Å². The van der Waals surface area contributed by atoms with Crippen molar-refractivity contribution in [1.29, 1.82) is 0 Å². The smallest absolute Gasteiger partial charge is 0.259 e. The third-order valence-electron chi connectivity index (χ3n) is 8.12. The average molecular weight is 556 g/mol. The zero-order valence-corrected chi connectivity index (χ0v) is 23.2. The topological polar surface area (TPSA) is 127 Å². The van der Waals surface area contributed by atoms with Crippen molar-refractivity contribution in [1.82, 2.24) is 9.88 Å². The highest BCUT2D eigenvalue weighted by Crippen LogP contribution is 2.42. The molecule has 3 aromatic rings. The summed E-state index contributed by atoms with van der Waals surface area (Å²) in [4.78, 5) is 46.2. The second kappa shape index (κ2) is 10.9. The fourth-order valence-corrected chi connectivity index (χ4v) is 6.00. The zero-order valence-electron chi connectivity index (χ0n) is 23.2. The van der Waals surface area contributed by atoms with Crippen molar-refractivity contribution in [3.8, 4) is 11.5 Å². The molecule has 3 N–H and O–H groups in total. The first-order valence-electron chi connectivity index (χ1n) is 14.0. The maximum atomic E-state index is 13.7. The number of anilines is 2. The summed E-state index contributed by atoms with van der Waals surface area (Å²) < 4.78 is 11.8. The fraction of sp³-hybridized carbons (Fsp3) is 0.355. The summed E-state index contributed by atoms with van der Waals surface area (Å²) in [7, 11) is 1.62. The van der Waals surface area contributed by atoms with Gasteiger partial charge in [0.1, 0.15) is 5.82 Å². The molecular weight excluding hydrogens is 522 g/mol. The number of pyridine rings is 1. The molecule has 6 rings (SSSR count). The van der Waals surface area contributed by atoms with Crippen molar-refractivity contribution in [2.75, 3.05) is 23.9 Å². The Kier molecular flexibility index (Phi) is 7.08. The van der Waals surface area contributed by atoms with E-state index in [1.807, 2.05) is 43.3 Å². The molecule has 3 heterocycles. The van der Waals surface area contributed by atoms with Gasteiger partial charge in [0.05, 0.1) is 25.8 Å². The number of ether oxygens (including phenoxy) is 2. The van der Waals surface area contributed by atoms with Gasteiger partial charge in [0.15, 0.2) is 11.5 Å². The van der Waals surface area contributed by atoms with E-state index < -0.39 is 0 Å². The molecule has 0 bridgehead atoms. The first-order chi connectivity index (χ1) is 19.9. The lowest BCUT2D eigenvalue weighted by Crippen LogP contribution is -2.26. The number of carbonyl (C=O) groups excluding carboxylic acids is 3. The maximum Gasteiger partial charge on any atom is 0.259 e. The van der Waals surface area contributed by atoms with Crippen LogP contribution in [-0.4, -0.2) is 47.4 Å². The Labute approximate surface area is 238 Å². The van der Waals surface area contributed by atoms with Crippen LogP contribution >= 0.6 is 0 Å². The number of fused-ring (bicyclic) bond motifs is 2. The lowest BCUT2D eigenvalue weighted by molar-refractivity contribution is -0.114. The molecule has 3 amide bonds. The normalized spacial score (nSPS) is 18.1. The summed E-state index contributed by atoms with van der Waals surface area (Å²) in [5.41, 5.74) is 9.82. The molecule has 10 nitrogen and oxygen atoms in total. The lowest BCUT2D eigenvalue weighted by atomic mass is 10.0. The number of hydrogen-bond donors (Lipinski definition) is 2. The molecule has 1 unspecified atom stereocenters. The molecule has 212 valence electrons.